The van der Waals surface area contributed by atoms with E-state index in [1.165, 1.54) is 0 Å². The smallest absolute Gasteiger partial charge is 0.0572 e. The zero-order valence-corrected chi connectivity index (χ0v) is 3.55. The Labute approximate surface area is 40.7 Å². The Morgan fingerprint density at radius 3 is 3.00 bits per heavy atom. The first kappa shape index (κ1) is 3.40. The van der Waals surface area contributed by atoms with Crippen molar-refractivity contribution >= 4 is 12.4 Å². The predicted molar refractivity (Wildman–Crippen MR) is 23.3 cm³/mol. The Morgan fingerprint density at radius 1 is 2.00 bits per heavy atom. The first-order valence-corrected chi connectivity index (χ1v) is 0.846. The molecule has 0 aliphatic heterocycles. The topological polar surface area (TPSA) is 21.3 Å². The minimum Gasteiger partial charge on any atom is -0.305 e. The molecule has 0 saturated heterocycles. The SMILES string of the molecule is Cl.[2H]CNOC[2H]. The molecule has 0 radical (unpaired) electrons. The lowest BCUT2D eigenvalue weighted by Crippen LogP contribution is -2.00. The molecule has 0 unspecified atom stereocenters. The summed E-state index contributed by atoms with van der Waals surface area (Å²) in [5, 5.41) is 0. The minimum atomic E-state index is -0.126. The molecule has 1 N–H and O–H groups in total. The van der Waals surface area contributed by atoms with Crippen LogP contribution in [0.2, 0.25) is 0 Å². The van der Waals surface area contributed by atoms with E-state index in [2.05, 4.69) is 10.3 Å². The second kappa shape index (κ2) is 8.88. The van der Waals surface area contributed by atoms with Gasteiger partial charge < -0.3 is 4.84 Å². The van der Waals surface area contributed by atoms with Gasteiger partial charge in [0.15, 0.2) is 0 Å². The van der Waals surface area contributed by atoms with Gasteiger partial charge in [0.1, 0.15) is 0 Å². The number of rotatable bonds is 1. The number of halogens is 1. The van der Waals surface area contributed by atoms with Crippen LogP contribution in [0.4, 0.5) is 0 Å². The van der Waals surface area contributed by atoms with E-state index in [-0.39, 0.29) is 26.5 Å². The van der Waals surface area contributed by atoms with Gasteiger partial charge >= 0.3 is 0 Å². The Bertz CT molecular complexity index is 27.7. The van der Waals surface area contributed by atoms with Crippen molar-refractivity contribution in [2.24, 2.45) is 0 Å². The maximum atomic E-state index is 6.39. The molecule has 3 heteroatoms. The molecule has 0 aromatic heterocycles. The lowest BCUT2D eigenvalue weighted by molar-refractivity contribution is 0.112. The maximum Gasteiger partial charge on any atom is 0.0572 e. The fourth-order valence-electron chi connectivity index (χ4n) is 0. The number of hydroxylamine groups is 1. The number of hydrogen-bond donors (Lipinski definition) is 1. The fraction of sp³-hybridized carbons (Fsp3) is 1.00. The van der Waals surface area contributed by atoms with Crippen molar-refractivity contribution in [1.82, 2.24) is 5.48 Å². The molecule has 0 bridgehead atoms. The molecular weight excluding hydrogens is 89.5 g/mol. The van der Waals surface area contributed by atoms with Gasteiger partial charge in [0, 0.05) is 8.39 Å². The van der Waals surface area contributed by atoms with E-state index < -0.39 is 0 Å². The molecule has 0 rings (SSSR count). The molecule has 0 aromatic rings. The minimum absolute atomic E-state index is 0. The highest BCUT2D eigenvalue weighted by atomic mass is 35.5. The van der Waals surface area contributed by atoms with Gasteiger partial charge in [-0.05, 0) is 0 Å². The third-order valence-corrected chi connectivity index (χ3v) is 0.102. The molecule has 0 aliphatic rings. The van der Waals surface area contributed by atoms with Gasteiger partial charge in [-0.1, -0.05) is 0 Å². The lowest BCUT2D eigenvalue weighted by atomic mass is 11.5. The summed E-state index contributed by atoms with van der Waals surface area (Å²) in [5.41, 5.74) is 2.18. The van der Waals surface area contributed by atoms with Crippen LogP contribution >= 0.6 is 12.4 Å². The van der Waals surface area contributed by atoms with Gasteiger partial charge in [-0.15, -0.1) is 12.4 Å². The van der Waals surface area contributed by atoms with Gasteiger partial charge in [-0.2, -0.15) is 0 Å². The van der Waals surface area contributed by atoms with Crippen LogP contribution in [0, 0.1) is 0 Å². The maximum absolute atomic E-state index is 6.39. The van der Waals surface area contributed by atoms with E-state index in [0.717, 1.165) is 0 Å². The predicted octanol–water partition coefficient (Wildman–Crippen LogP) is 0.189. The summed E-state index contributed by atoms with van der Waals surface area (Å²) in [6.45, 7) is 0. The van der Waals surface area contributed by atoms with Crippen LogP contribution < -0.4 is 5.48 Å². The average Bonchev–Trinajstić information content (AvgIpc) is 1.61. The lowest BCUT2D eigenvalue weighted by Gasteiger charge is -1.80. The number of nitrogens with one attached hydrogen (secondary N) is 1. The number of hydrogen-bond acceptors (Lipinski definition) is 2. The van der Waals surface area contributed by atoms with E-state index in [9.17, 15) is 0 Å². The summed E-state index contributed by atoms with van der Waals surface area (Å²) in [4.78, 5) is 4.21. The summed E-state index contributed by atoms with van der Waals surface area (Å²) in [6.07, 6.45) is 0. The Balaban J connectivity index is 0. The molecule has 0 saturated carbocycles. The summed E-state index contributed by atoms with van der Waals surface area (Å²) in [6, 6.07) is 0. The highest BCUT2D eigenvalue weighted by Gasteiger charge is 1.45. The Morgan fingerprint density at radius 2 is 2.80 bits per heavy atom. The van der Waals surface area contributed by atoms with Gasteiger partial charge in [-0.25, -0.2) is 5.48 Å². The summed E-state index contributed by atoms with van der Waals surface area (Å²) < 4.78 is 12.7. The molecule has 0 aliphatic carbocycles. The van der Waals surface area contributed by atoms with E-state index in [4.69, 9.17) is 2.74 Å². The van der Waals surface area contributed by atoms with Crippen LogP contribution in [0.15, 0.2) is 0 Å². The van der Waals surface area contributed by atoms with Crippen molar-refractivity contribution in [3.63, 3.8) is 0 Å². The van der Waals surface area contributed by atoms with E-state index >= 15 is 0 Å². The molecule has 5 heavy (non-hydrogen) atoms. The summed E-state index contributed by atoms with van der Waals surface area (Å²) in [5.74, 6) is 0. The molecular formula is C2H8ClNO. The zero-order valence-electron chi connectivity index (χ0n) is 4.73. The highest BCUT2D eigenvalue weighted by Crippen LogP contribution is 1.32. The van der Waals surface area contributed by atoms with Crippen molar-refractivity contribution in [3.05, 3.63) is 0 Å². The Kier molecular flexibility index (Phi) is 6.04. The van der Waals surface area contributed by atoms with Crippen molar-refractivity contribution in [1.29, 1.82) is 0 Å². The molecule has 0 fully saturated rings. The molecule has 0 heterocycles. The van der Waals surface area contributed by atoms with Crippen LogP contribution in [0.1, 0.15) is 2.74 Å². The Hall–Kier alpha value is 0.210. The van der Waals surface area contributed by atoms with Gasteiger partial charge in [0.05, 0.1) is 8.46 Å². The zero-order chi connectivity index (χ0) is 4.83. The molecule has 0 amide bonds. The normalized spacial score (nSPS) is 11.2. The first-order valence-electron chi connectivity index (χ1n) is 2.26. The average molecular weight is 99.6 g/mol. The van der Waals surface area contributed by atoms with Gasteiger partial charge in [0.25, 0.3) is 0 Å². The molecule has 2 nitrogen and oxygen atoms in total. The van der Waals surface area contributed by atoms with Gasteiger partial charge in [-0.3, -0.25) is 0 Å². The van der Waals surface area contributed by atoms with Crippen LogP contribution in [0.5, 0.6) is 0 Å². The van der Waals surface area contributed by atoms with Crippen LogP contribution in [0.3, 0.4) is 0 Å². The molecule has 0 atom stereocenters. The third kappa shape index (κ3) is 14.0. The highest BCUT2D eigenvalue weighted by molar-refractivity contribution is 5.85. The van der Waals surface area contributed by atoms with E-state index in [1.807, 2.05) is 0 Å². The van der Waals surface area contributed by atoms with Crippen molar-refractivity contribution in [2.45, 2.75) is 0 Å². The standard InChI is InChI=1S/C2H7NO.ClH/c1-3-4-2;/h3H,1-2H3;1H/i1D,2D;. The molecule has 0 spiro atoms. The second-order valence-electron chi connectivity index (χ2n) is 0.289. The largest absolute Gasteiger partial charge is 0.305 e. The quantitative estimate of drug-likeness (QED) is 0.374. The molecule has 0 aromatic carbocycles. The van der Waals surface area contributed by atoms with Gasteiger partial charge in [0.2, 0.25) is 0 Å². The van der Waals surface area contributed by atoms with Crippen LogP contribution in [-0.4, -0.2) is 14.1 Å². The molecule has 34 valence electrons. The van der Waals surface area contributed by atoms with E-state index in [1.54, 1.807) is 0 Å². The third-order valence-electron chi connectivity index (χ3n) is 0.102. The van der Waals surface area contributed by atoms with Crippen molar-refractivity contribution in [2.75, 3.05) is 14.1 Å². The fourth-order valence-corrected chi connectivity index (χ4v) is 0. The van der Waals surface area contributed by atoms with Crippen molar-refractivity contribution in [3.8, 4) is 0 Å². The summed E-state index contributed by atoms with van der Waals surface area (Å²) >= 11 is 0. The first-order chi connectivity index (χ1) is 2.91. The van der Waals surface area contributed by atoms with Crippen LogP contribution in [0.25, 0.3) is 0 Å². The second-order valence-corrected chi connectivity index (χ2v) is 0.289. The van der Waals surface area contributed by atoms with Crippen LogP contribution in [-0.2, 0) is 4.84 Å². The summed E-state index contributed by atoms with van der Waals surface area (Å²) in [7, 11) is -0.113. The van der Waals surface area contributed by atoms with E-state index in [0.29, 0.717) is 0 Å². The monoisotopic (exact) mass is 99.0 g/mol. The van der Waals surface area contributed by atoms with Crippen molar-refractivity contribution < 1.29 is 7.58 Å².